The Kier molecular flexibility index (Phi) is 19.8. The fourth-order valence-corrected chi connectivity index (χ4v) is 10.2. The number of aliphatic hydroxyl groups excluding tert-OH is 6. The first-order valence-corrected chi connectivity index (χ1v) is 28.8. The SMILES string of the molecule is CCC(C)(C)c1ccc2cc(CO)c(CO)cc2c1.CCC(C)(C)c1ccc2cc(CO)ccc2c1.CCC(C)(C)c1ccc2cc3cc(CO)c(CO)cc3cc2c1.CCC(C)(C)c1ccc2cc3cc(CO)ccc3cc2c1. The van der Waals surface area contributed by atoms with Crippen LogP contribution in [0, 0.1) is 0 Å². The van der Waals surface area contributed by atoms with Crippen LogP contribution in [0.1, 0.15) is 164 Å². The molecule has 10 rings (SSSR count). The second-order valence-corrected chi connectivity index (χ2v) is 24.5. The van der Waals surface area contributed by atoms with Gasteiger partial charge in [-0.05, 0) is 228 Å². The number of rotatable bonds is 14. The summed E-state index contributed by atoms with van der Waals surface area (Å²) >= 11 is 0. The number of benzene rings is 10. The first-order valence-electron chi connectivity index (χ1n) is 28.8. The van der Waals surface area contributed by atoms with E-state index >= 15 is 0 Å². The van der Waals surface area contributed by atoms with E-state index in [-0.39, 0.29) is 61.3 Å². The van der Waals surface area contributed by atoms with Crippen LogP contribution in [0.25, 0.3) is 64.6 Å². The van der Waals surface area contributed by atoms with E-state index in [1.807, 2.05) is 36.4 Å². The molecule has 0 aliphatic carbocycles. The average molecular weight is 1070 g/mol. The van der Waals surface area contributed by atoms with Gasteiger partial charge in [-0.1, -0.05) is 180 Å². The van der Waals surface area contributed by atoms with Crippen molar-refractivity contribution in [2.75, 3.05) is 0 Å². The second kappa shape index (κ2) is 26.0. The molecule has 10 aromatic carbocycles. The van der Waals surface area contributed by atoms with E-state index in [2.05, 4.69) is 204 Å². The molecule has 0 amide bonds. The summed E-state index contributed by atoms with van der Waals surface area (Å²) in [4.78, 5) is 0. The van der Waals surface area contributed by atoms with Crippen LogP contribution in [0.5, 0.6) is 0 Å². The Morgan fingerprint density at radius 3 is 0.725 bits per heavy atom. The Labute approximate surface area is 476 Å². The molecule has 0 atom stereocenters. The van der Waals surface area contributed by atoms with Gasteiger partial charge in [0.1, 0.15) is 0 Å². The maximum Gasteiger partial charge on any atom is 0.0685 e. The molecule has 420 valence electrons. The lowest BCUT2D eigenvalue weighted by Crippen LogP contribution is -2.15. The van der Waals surface area contributed by atoms with Crippen LogP contribution in [-0.2, 0) is 61.3 Å². The van der Waals surface area contributed by atoms with Crippen LogP contribution < -0.4 is 0 Å². The summed E-state index contributed by atoms with van der Waals surface area (Å²) in [5, 5.41) is 70.3. The van der Waals surface area contributed by atoms with Crippen molar-refractivity contribution in [2.24, 2.45) is 0 Å². The van der Waals surface area contributed by atoms with E-state index in [1.54, 1.807) is 0 Å². The lowest BCUT2D eigenvalue weighted by Gasteiger charge is -2.24. The van der Waals surface area contributed by atoms with Gasteiger partial charge >= 0.3 is 0 Å². The third kappa shape index (κ3) is 14.0. The molecular formula is C74H88O6. The van der Waals surface area contributed by atoms with E-state index in [0.717, 1.165) is 80.6 Å². The molecule has 0 spiro atoms. The van der Waals surface area contributed by atoms with Crippen LogP contribution >= 0.6 is 0 Å². The van der Waals surface area contributed by atoms with Gasteiger partial charge in [0.15, 0.2) is 0 Å². The van der Waals surface area contributed by atoms with Crippen molar-refractivity contribution in [3.8, 4) is 0 Å². The summed E-state index contributed by atoms with van der Waals surface area (Å²) in [5.41, 5.74) is 11.3. The van der Waals surface area contributed by atoms with Crippen LogP contribution in [-0.4, -0.2) is 30.6 Å². The molecule has 0 saturated carbocycles. The van der Waals surface area contributed by atoms with Gasteiger partial charge in [-0.15, -0.1) is 0 Å². The molecule has 6 nitrogen and oxygen atoms in total. The van der Waals surface area contributed by atoms with Crippen molar-refractivity contribution in [2.45, 2.75) is 170 Å². The predicted octanol–water partition coefficient (Wildman–Crippen LogP) is 17.4. The van der Waals surface area contributed by atoms with Crippen molar-refractivity contribution in [1.82, 2.24) is 0 Å². The molecule has 0 aliphatic rings. The summed E-state index contributed by atoms with van der Waals surface area (Å²) in [7, 11) is 0. The van der Waals surface area contributed by atoms with Gasteiger partial charge in [-0.25, -0.2) is 0 Å². The Balaban J connectivity index is 0.000000155. The minimum atomic E-state index is -0.0488. The van der Waals surface area contributed by atoms with Crippen LogP contribution in [0.15, 0.2) is 158 Å². The molecule has 6 N–H and O–H groups in total. The Morgan fingerprint density at radius 2 is 0.425 bits per heavy atom. The van der Waals surface area contributed by atoms with E-state index in [1.165, 1.54) is 65.3 Å². The van der Waals surface area contributed by atoms with Gasteiger partial charge in [0.05, 0.1) is 39.6 Å². The first-order chi connectivity index (χ1) is 38.1. The summed E-state index contributed by atoms with van der Waals surface area (Å²) < 4.78 is 0. The molecule has 10 aromatic rings. The van der Waals surface area contributed by atoms with E-state index < -0.39 is 0 Å². The molecular weight excluding hydrogens is 985 g/mol. The quantitative estimate of drug-likeness (QED) is 0.0604. The van der Waals surface area contributed by atoms with E-state index in [4.69, 9.17) is 5.11 Å². The first kappa shape index (κ1) is 61.1. The van der Waals surface area contributed by atoms with Crippen molar-refractivity contribution >= 4 is 64.6 Å². The lowest BCUT2D eigenvalue weighted by molar-refractivity contribution is 0.260. The summed E-state index contributed by atoms with van der Waals surface area (Å²) in [5.74, 6) is 0. The minimum Gasteiger partial charge on any atom is -0.392 e. The number of fused-ring (bicyclic) bond motifs is 6. The molecule has 0 bridgehead atoms. The zero-order valence-corrected chi connectivity index (χ0v) is 49.8. The maximum atomic E-state index is 9.49. The standard InChI is InChI=1S/C21H24O2.C20H22O.C17H22O2.C16H20O/c1-4-21(2,3)20-6-5-14-7-15-9-18(12-22)19(13-23)10-16(15)8-17(14)11-20;1-4-20(2,3)19-8-7-16-10-17-9-14(13-21)5-6-15(17)11-18(16)12-19;1-4-17(2,3)16-6-5-12-7-14(10-18)15(11-19)8-13(12)9-16;1-4-16(2,3)15-8-7-13-9-12(11-17)5-6-14(13)10-15/h5-11,22-23H,4,12-13H2,1-3H3;5-12,21H,4,13H2,1-3H3;5-9,18-19H,4,10-11H2,1-3H3;5-10,17H,4,11H2,1-3H3. The molecule has 80 heavy (non-hydrogen) atoms. The molecule has 0 aromatic heterocycles. The van der Waals surface area contributed by atoms with Gasteiger partial charge < -0.3 is 30.6 Å². The van der Waals surface area contributed by atoms with Gasteiger partial charge in [0.25, 0.3) is 0 Å². The van der Waals surface area contributed by atoms with Crippen LogP contribution in [0.4, 0.5) is 0 Å². The molecule has 0 aliphatic heterocycles. The number of aliphatic hydroxyl groups is 6. The van der Waals surface area contributed by atoms with Crippen molar-refractivity contribution in [1.29, 1.82) is 0 Å². The molecule has 6 heteroatoms. The third-order valence-electron chi connectivity index (χ3n) is 17.7. The highest BCUT2D eigenvalue weighted by atomic mass is 16.3. The van der Waals surface area contributed by atoms with Crippen molar-refractivity contribution in [3.05, 3.63) is 213 Å². The third-order valence-corrected chi connectivity index (χ3v) is 17.7. The van der Waals surface area contributed by atoms with Crippen LogP contribution in [0.2, 0.25) is 0 Å². The molecule has 0 unspecified atom stereocenters. The summed E-state index contributed by atoms with van der Waals surface area (Å²) in [6.45, 7) is 27.1. The van der Waals surface area contributed by atoms with Crippen LogP contribution in [0.3, 0.4) is 0 Å². The highest BCUT2D eigenvalue weighted by molar-refractivity contribution is 6.00. The monoisotopic (exact) mass is 1070 g/mol. The molecule has 0 radical (unpaired) electrons. The zero-order chi connectivity index (χ0) is 58.2. The predicted molar refractivity (Wildman–Crippen MR) is 340 cm³/mol. The minimum absolute atomic E-state index is 0.0337. The van der Waals surface area contributed by atoms with Gasteiger partial charge in [0, 0.05) is 0 Å². The van der Waals surface area contributed by atoms with E-state index in [0.29, 0.717) is 0 Å². The zero-order valence-electron chi connectivity index (χ0n) is 49.8. The van der Waals surface area contributed by atoms with Gasteiger partial charge in [0.2, 0.25) is 0 Å². The number of hydrogen-bond acceptors (Lipinski definition) is 6. The fraction of sp³-hybridized carbons (Fsp3) is 0.351. The molecule has 0 fully saturated rings. The summed E-state index contributed by atoms with van der Waals surface area (Å²) in [6.07, 6.45) is 4.44. The fourth-order valence-electron chi connectivity index (χ4n) is 10.2. The van der Waals surface area contributed by atoms with Crippen molar-refractivity contribution in [3.63, 3.8) is 0 Å². The Hall–Kier alpha value is -6.48. The topological polar surface area (TPSA) is 121 Å². The molecule has 0 heterocycles. The van der Waals surface area contributed by atoms with Gasteiger partial charge in [-0.3, -0.25) is 0 Å². The maximum absolute atomic E-state index is 9.49. The smallest absolute Gasteiger partial charge is 0.0685 e. The average Bonchev–Trinajstić information content (AvgIpc) is 3.53. The second-order valence-electron chi connectivity index (χ2n) is 24.5. The summed E-state index contributed by atoms with van der Waals surface area (Å²) in [6, 6.07) is 55.5. The highest BCUT2D eigenvalue weighted by Gasteiger charge is 2.22. The molecule has 0 saturated heterocycles. The lowest BCUT2D eigenvalue weighted by atomic mass is 9.81. The van der Waals surface area contributed by atoms with Gasteiger partial charge in [-0.2, -0.15) is 0 Å². The Bertz CT molecular complexity index is 3750. The van der Waals surface area contributed by atoms with Crippen molar-refractivity contribution < 1.29 is 30.6 Å². The number of hydrogen-bond donors (Lipinski definition) is 6. The van der Waals surface area contributed by atoms with E-state index in [9.17, 15) is 25.5 Å². The highest BCUT2D eigenvalue weighted by Crippen LogP contribution is 2.36. The normalized spacial score (nSPS) is 12.1. The largest absolute Gasteiger partial charge is 0.392 e. The Morgan fingerprint density at radius 1 is 0.225 bits per heavy atom.